The van der Waals surface area contributed by atoms with Crippen LogP contribution in [0.5, 0.6) is 5.75 Å². The van der Waals surface area contributed by atoms with Crippen LogP contribution in [-0.2, 0) is 16.1 Å². The first-order chi connectivity index (χ1) is 16.4. The van der Waals surface area contributed by atoms with E-state index in [1.54, 1.807) is 48.5 Å². The highest BCUT2D eigenvalue weighted by atomic mass is 35.5. The van der Waals surface area contributed by atoms with Crippen LogP contribution in [0, 0.1) is 0 Å². The van der Waals surface area contributed by atoms with Crippen LogP contribution in [0.4, 0.5) is 5.69 Å². The molecule has 0 atom stereocenters. The van der Waals surface area contributed by atoms with Crippen molar-refractivity contribution < 1.29 is 28.7 Å². The molecule has 8 nitrogen and oxygen atoms in total. The van der Waals surface area contributed by atoms with Crippen LogP contribution in [0.15, 0.2) is 66.7 Å². The molecule has 34 heavy (non-hydrogen) atoms. The van der Waals surface area contributed by atoms with E-state index in [-0.39, 0.29) is 23.9 Å². The summed E-state index contributed by atoms with van der Waals surface area (Å²) < 4.78 is 10.3. The minimum absolute atomic E-state index is 0.00249. The number of fused-ring (bicyclic) bond motifs is 1. The van der Waals surface area contributed by atoms with Crippen molar-refractivity contribution in [3.63, 3.8) is 0 Å². The molecule has 0 saturated carbocycles. The Morgan fingerprint density at radius 3 is 2.32 bits per heavy atom. The standard InChI is InChI=1S/C25H19ClN2O6/c1-33-21-10-9-17(26)12-20(21)27-22(29)14-34-25(32)16-6-4-5-15(11-16)13-28-23(30)18-7-2-3-8-19(18)24(28)31/h2-12H,13-14H2,1H3,(H,27,29). The Balaban J connectivity index is 1.38. The Kier molecular flexibility index (Phi) is 6.60. The molecule has 3 aromatic rings. The van der Waals surface area contributed by atoms with Crippen LogP contribution in [0.25, 0.3) is 0 Å². The summed E-state index contributed by atoms with van der Waals surface area (Å²) in [6.07, 6.45) is 0. The largest absolute Gasteiger partial charge is 0.495 e. The van der Waals surface area contributed by atoms with Crippen molar-refractivity contribution in [3.8, 4) is 5.75 Å². The van der Waals surface area contributed by atoms with Crippen LogP contribution in [0.3, 0.4) is 0 Å². The predicted octanol–water partition coefficient (Wildman–Crippen LogP) is 3.94. The fraction of sp³-hybridized carbons (Fsp3) is 0.120. The second-order valence-corrected chi connectivity index (χ2v) is 7.85. The van der Waals surface area contributed by atoms with Gasteiger partial charge >= 0.3 is 5.97 Å². The van der Waals surface area contributed by atoms with E-state index in [2.05, 4.69) is 5.32 Å². The van der Waals surface area contributed by atoms with Crippen LogP contribution < -0.4 is 10.1 Å². The summed E-state index contributed by atoms with van der Waals surface area (Å²) in [5.41, 5.74) is 1.80. The van der Waals surface area contributed by atoms with Gasteiger partial charge in [0, 0.05) is 5.02 Å². The van der Waals surface area contributed by atoms with Gasteiger partial charge in [-0.2, -0.15) is 0 Å². The van der Waals surface area contributed by atoms with Gasteiger partial charge in [-0.05, 0) is 48.0 Å². The van der Waals surface area contributed by atoms with Crippen molar-refractivity contribution in [1.82, 2.24) is 4.90 Å². The summed E-state index contributed by atoms with van der Waals surface area (Å²) in [6.45, 7) is -0.528. The number of nitrogens with zero attached hydrogens (tertiary/aromatic N) is 1. The van der Waals surface area contributed by atoms with Crippen LogP contribution in [0.1, 0.15) is 36.6 Å². The maximum absolute atomic E-state index is 12.6. The lowest BCUT2D eigenvalue weighted by Crippen LogP contribution is -2.29. The summed E-state index contributed by atoms with van der Waals surface area (Å²) in [5.74, 6) is -1.66. The number of ether oxygens (including phenoxy) is 2. The monoisotopic (exact) mass is 478 g/mol. The quantitative estimate of drug-likeness (QED) is 0.407. The van der Waals surface area contributed by atoms with E-state index >= 15 is 0 Å². The molecule has 3 aromatic carbocycles. The van der Waals surface area contributed by atoms with Crippen molar-refractivity contribution in [2.45, 2.75) is 6.54 Å². The van der Waals surface area contributed by atoms with Gasteiger partial charge < -0.3 is 14.8 Å². The third kappa shape index (κ3) is 4.77. The maximum Gasteiger partial charge on any atom is 0.338 e. The normalized spacial score (nSPS) is 12.4. The molecule has 0 fully saturated rings. The van der Waals surface area contributed by atoms with Gasteiger partial charge in [0.25, 0.3) is 17.7 Å². The second kappa shape index (κ2) is 9.76. The summed E-state index contributed by atoms with van der Waals surface area (Å²) in [7, 11) is 1.45. The topological polar surface area (TPSA) is 102 Å². The lowest BCUT2D eigenvalue weighted by Gasteiger charge is -2.14. The third-order valence-corrected chi connectivity index (χ3v) is 5.39. The van der Waals surface area contributed by atoms with Crippen molar-refractivity contribution in [2.75, 3.05) is 19.0 Å². The fourth-order valence-corrected chi connectivity index (χ4v) is 3.71. The molecule has 1 aliphatic rings. The number of halogens is 1. The fourth-order valence-electron chi connectivity index (χ4n) is 3.54. The number of hydrogen-bond donors (Lipinski definition) is 1. The number of amides is 3. The first-order valence-electron chi connectivity index (χ1n) is 10.2. The van der Waals surface area contributed by atoms with Crippen LogP contribution in [0.2, 0.25) is 5.02 Å². The highest BCUT2D eigenvalue weighted by Crippen LogP contribution is 2.28. The Morgan fingerprint density at radius 2 is 1.65 bits per heavy atom. The Bertz CT molecular complexity index is 1270. The van der Waals surface area contributed by atoms with Crippen LogP contribution >= 0.6 is 11.6 Å². The number of benzene rings is 3. The lowest BCUT2D eigenvalue weighted by atomic mass is 10.1. The third-order valence-electron chi connectivity index (χ3n) is 5.15. The highest BCUT2D eigenvalue weighted by molar-refractivity contribution is 6.31. The highest BCUT2D eigenvalue weighted by Gasteiger charge is 2.35. The number of anilines is 1. The zero-order valence-electron chi connectivity index (χ0n) is 18.0. The summed E-state index contributed by atoms with van der Waals surface area (Å²) in [5, 5.41) is 2.99. The molecule has 0 bridgehead atoms. The Hall–Kier alpha value is -4.17. The zero-order chi connectivity index (χ0) is 24.2. The van der Waals surface area contributed by atoms with Gasteiger partial charge in [0.1, 0.15) is 5.75 Å². The van der Waals surface area contributed by atoms with Crippen molar-refractivity contribution in [1.29, 1.82) is 0 Å². The lowest BCUT2D eigenvalue weighted by molar-refractivity contribution is -0.119. The van der Waals surface area contributed by atoms with Crippen LogP contribution in [-0.4, -0.2) is 42.3 Å². The molecule has 1 aliphatic heterocycles. The molecule has 0 aromatic heterocycles. The molecular weight excluding hydrogens is 460 g/mol. The average Bonchev–Trinajstić information content (AvgIpc) is 3.08. The molecule has 9 heteroatoms. The number of esters is 1. The molecule has 0 unspecified atom stereocenters. The van der Waals surface area contributed by atoms with Crippen molar-refractivity contribution in [2.24, 2.45) is 0 Å². The van der Waals surface area contributed by atoms with Gasteiger partial charge in [-0.25, -0.2) is 4.79 Å². The van der Waals surface area contributed by atoms with Gasteiger partial charge in [-0.1, -0.05) is 35.9 Å². The molecule has 0 spiro atoms. The number of carbonyl (C=O) groups excluding carboxylic acids is 4. The first kappa shape index (κ1) is 23.0. The van der Waals surface area contributed by atoms with Gasteiger partial charge in [0.2, 0.25) is 0 Å². The van der Waals surface area contributed by atoms with Gasteiger partial charge in [0.15, 0.2) is 6.61 Å². The molecule has 1 N–H and O–H groups in total. The maximum atomic E-state index is 12.6. The number of carbonyl (C=O) groups is 4. The number of methoxy groups -OCH3 is 1. The zero-order valence-corrected chi connectivity index (χ0v) is 18.8. The summed E-state index contributed by atoms with van der Waals surface area (Å²) >= 11 is 5.95. The molecule has 172 valence electrons. The number of imide groups is 1. The molecule has 0 radical (unpaired) electrons. The van der Waals surface area contributed by atoms with E-state index in [1.165, 1.54) is 25.3 Å². The molecule has 1 heterocycles. The number of nitrogens with one attached hydrogen (secondary N) is 1. The van der Waals surface area contributed by atoms with Gasteiger partial charge in [0.05, 0.1) is 36.0 Å². The minimum Gasteiger partial charge on any atom is -0.495 e. The first-order valence-corrected chi connectivity index (χ1v) is 10.6. The Morgan fingerprint density at radius 1 is 0.941 bits per heavy atom. The van der Waals surface area contributed by atoms with Crippen molar-refractivity contribution in [3.05, 3.63) is 94.0 Å². The van der Waals surface area contributed by atoms with Gasteiger partial charge in [-0.15, -0.1) is 0 Å². The summed E-state index contributed by atoms with van der Waals surface area (Å²) in [6, 6.07) is 17.7. The minimum atomic E-state index is -0.725. The number of hydrogen-bond acceptors (Lipinski definition) is 6. The molecule has 0 saturated heterocycles. The smallest absolute Gasteiger partial charge is 0.338 e. The van der Waals surface area contributed by atoms with E-state index in [9.17, 15) is 19.2 Å². The van der Waals surface area contributed by atoms with E-state index in [0.29, 0.717) is 33.1 Å². The molecule has 0 aliphatic carbocycles. The SMILES string of the molecule is COc1ccc(Cl)cc1NC(=O)COC(=O)c1cccc(CN2C(=O)c3ccccc3C2=O)c1. The molecule has 3 amide bonds. The molecular formula is C25H19ClN2O6. The van der Waals surface area contributed by atoms with E-state index in [4.69, 9.17) is 21.1 Å². The van der Waals surface area contributed by atoms with Crippen molar-refractivity contribution >= 4 is 41.0 Å². The van der Waals surface area contributed by atoms with E-state index < -0.39 is 18.5 Å². The molecule has 4 rings (SSSR count). The van der Waals surface area contributed by atoms with E-state index in [0.717, 1.165) is 4.90 Å². The second-order valence-electron chi connectivity index (χ2n) is 7.41. The van der Waals surface area contributed by atoms with Gasteiger partial charge in [-0.3, -0.25) is 19.3 Å². The Labute approximate surface area is 200 Å². The predicted molar refractivity (Wildman–Crippen MR) is 124 cm³/mol. The number of rotatable bonds is 7. The van der Waals surface area contributed by atoms with E-state index in [1.807, 2.05) is 0 Å². The average molecular weight is 479 g/mol. The summed E-state index contributed by atoms with van der Waals surface area (Å²) in [4.78, 5) is 51.0.